The number of hydrogen-bond donors (Lipinski definition) is 0. The SMILES string of the molecule is Cc1ccc(OCc2nc(CN3CCN(C(=O)c4ccoc4)CC3)cs2)cc1. The van der Waals surface area contributed by atoms with Gasteiger partial charge in [-0.1, -0.05) is 17.7 Å². The van der Waals surface area contributed by atoms with Crippen molar-refractivity contribution in [2.75, 3.05) is 26.2 Å². The molecule has 1 aliphatic rings. The molecular formula is C21H23N3O3S. The number of piperazine rings is 1. The van der Waals surface area contributed by atoms with E-state index in [1.807, 2.05) is 29.2 Å². The monoisotopic (exact) mass is 397 g/mol. The summed E-state index contributed by atoms with van der Waals surface area (Å²) in [5.41, 5.74) is 2.89. The molecule has 28 heavy (non-hydrogen) atoms. The highest BCUT2D eigenvalue weighted by Crippen LogP contribution is 2.18. The molecule has 4 rings (SSSR count). The molecule has 0 N–H and O–H groups in total. The van der Waals surface area contributed by atoms with Gasteiger partial charge in [0.25, 0.3) is 5.91 Å². The fourth-order valence-corrected chi connectivity index (χ4v) is 3.87. The van der Waals surface area contributed by atoms with Crippen molar-refractivity contribution in [3.63, 3.8) is 0 Å². The molecule has 2 aromatic heterocycles. The van der Waals surface area contributed by atoms with E-state index in [4.69, 9.17) is 14.1 Å². The van der Waals surface area contributed by atoms with E-state index in [1.54, 1.807) is 17.4 Å². The summed E-state index contributed by atoms with van der Waals surface area (Å²) < 4.78 is 10.8. The molecule has 1 saturated heterocycles. The molecule has 146 valence electrons. The highest BCUT2D eigenvalue weighted by molar-refractivity contribution is 7.09. The lowest BCUT2D eigenvalue weighted by Gasteiger charge is -2.34. The number of furan rings is 1. The zero-order valence-corrected chi connectivity index (χ0v) is 16.7. The molecule has 7 heteroatoms. The Balaban J connectivity index is 1.24. The van der Waals surface area contributed by atoms with Crippen LogP contribution in [0.4, 0.5) is 0 Å². The van der Waals surface area contributed by atoms with Crippen molar-refractivity contribution in [2.24, 2.45) is 0 Å². The normalized spacial score (nSPS) is 15.0. The van der Waals surface area contributed by atoms with Gasteiger partial charge in [0.05, 0.1) is 17.5 Å². The van der Waals surface area contributed by atoms with Crippen molar-refractivity contribution >= 4 is 17.2 Å². The standard InChI is InChI=1S/C21H23N3O3S/c1-16-2-4-19(5-3-16)27-14-20-22-18(15-28-20)12-23-7-9-24(10-8-23)21(25)17-6-11-26-13-17/h2-6,11,13,15H,7-10,12,14H2,1H3. The third kappa shape index (κ3) is 4.61. The lowest BCUT2D eigenvalue weighted by molar-refractivity contribution is 0.0626. The maximum atomic E-state index is 12.4. The number of hydrogen-bond acceptors (Lipinski definition) is 6. The first kappa shape index (κ1) is 18.7. The van der Waals surface area contributed by atoms with Crippen LogP contribution in [0.2, 0.25) is 0 Å². The Labute approximate surface area is 168 Å². The van der Waals surface area contributed by atoms with Gasteiger partial charge in [0.1, 0.15) is 23.6 Å². The van der Waals surface area contributed by atoms with Crippen LogP contribution in [-0.4, -0.2) is 46.9 Å². The second-order valence-electron chi connectivity index (χ2n) is 6.91. The van der Waals surface area contributed by atoms with Gasteiger partial charge in [-0.3, -0.25) is 9.69 Å². The quantitative estimate of drug-likeness (QED) is 0.636. The van der Waals surface area contributed by atoms with Crippen molar-refractivity contribution in [3.8, 4) is 5.75 Å². The Kier molecular flexibility index (Phi) is 5.73. The molecule has 0 spiro atoms. The lowest BCUT2D eigenvalue weighted by Crippen LogP contribution is -2.48. The number of amides is 1. The van der Waals surface area contributed by atoms with Crippen LogP contribution in [0, 0.1) is 6.92 Å². The van der Waals surface area contributed by atoms with Crippen molar-refractivity contribution in [2.45, 2.75) is 20.1 Å². The summed E-state index contributed by atoms with van der Waals surface area (Å²) in [5, 5.41) is 3.07. The van der Waals surface area contributed by atoms with Crippen molar-refractivity contribution in [1.82, 2.24) is 14.8 Å². The van der Waals surface area contributed by atoms with Crippen LogP contribution in [0.3, 0.4) is 0 Å². The summed E-state index contributed by atoms with van der Waals surface area (Å²) in [6.07, 6.45) is 3.04. The van der Waals surface area contributed by atoms with Crippen molar-refractivity contribution < 1.29 is 13.9 Å². The largest absolute Gasteiger partial charge is 0.486 e. The molecule has 1 aliphatic heterocycles. The predicted octanol–water partition coefficient (Wildman–Crippen LogP) is 3.58. The Bertz CT molecular complexity index is 897. The van der Waals surface area contributed by atoms with Gasteiger partial charge in [0.2, 0.25) is 0 Å². The molecule has 6 nitrogen and oxygen atoms in total. The minimum absolute atomic E-state index is 0.0394. The first-order valence-corrected chi connectivity index (χ1v) is 10.2. The number of nitrogens with zero attached hydrogens (tertiary/aromatic N) is 3. The van der Waals surface area contributed by atoms with Gasteiger partial charge in [0.15, 0.2) is 0 Å². The summed E-state index contributed by atoms with van der Waals surface area (Å²) >= 11 is 1.63. The third-order valence-corrected chi connectivity index (χ3v) is 5.67. The second kappa shape index (κ2) is 8.58. The van der Waals surface area contributed by atoms with Crippen LogP contribution < -0.4 is 4.74 Å². The van der Waals surface area contributed by atoms with E-state index >= 15 is 0 Å². The molecule has 0 radical (unpaired) electrons. The molecular weight excluding hydrogens is 374 g/mol. The van der Waals surface area contributed by atoms with Gasteiger partial charge >= 0.3 is 0 Å². The maximum absolute atomic E-state index is 12.4. The number of aryl methyl sites for hydroxylation is 1. The average molecular weight is 398 g/mol. The zero-order chi connectivity index (χ0) is 19.3. The van der Waals surface area contributed by atoms with Gasteiger partial charge in [-0.15, -0.1) is 11.3 Å². The molecule has 0 aliphatic carbocycles. The van der Waals surface area contributed by atoms with Gasteiger partial charge in [-0.2, -0.15) is 0 Å². The zero-order valence-electron chi connectivity index (χ0n) is 15.8. The van der Waals surface area contributed by atoms with Crippen LogP contribution in [0.1, 0.15) is 26.6 Å². The van der Waals surface area contributed by atoms with Crippen molar-refractivity contribution in [1.29, 1.82) is 0 Å². The van der Waals surface area contributed by atoms with E-state index < -0.39 is 0 Å². The topological polar surface area (TPSA) is 58.8 Å². The van der Waals surface area contributed by atoms with E-state index in [-0.39, 0.29) is 5.91 Å². The first-order valence-electron chi connectivity index (χ1n) is 9.34. The first-order chi connectivity index (χ1) is 13.7. The number of ether oxygens (including phenoxy) is 1. The second-order valence-corrected chi connectivity index (χ2v) is 7.86. The Morgan fingerprint density at radius 1 is 1.18 bits per heavy atom. The number of benzene rings is 1. The van der Waals surface area contributed by atoms with Gasteiger partial charge in [-0.25, -0.2) is 4.98 Å². The highest BCUT2D eigenvalue weighted by Gasteiger charge is 2.23. The van der Waals surface area contributed by atoms with E-state index in [0.29, 0.717) is 12.2 Å². The van der Waals surface area contributed by atoms with Gasteiger partial charge < -0.3 is 14.1 Å². The molecule has 1 fully saturated rings. The van der Waals surface area contributed by atoms with Crippen LogP contribution >= 0.6 is 11.3 Å². The molecule has 0 saturated carbocycles. The van der Waals surface area contributed by atoms with Gasteiger partial charge in [-0.05, 0) is 25.1 Å². The predicted molar refractivity (Wildman–Crippen MR) is 108 cm³/mol. The van der Waals surface area contributed by atoms with E-state index in [9.17, 15) is 4.79 Å². The molecule has 1 aromatic carbocycles. The maximum Gasteiger partial charge on any atom is 0.257 e. The number of aromatic nitrogens is 1. The van der Waals surface area contributed by atoms with Gasteiger partial charge in [0, 0.05) is 38.1 Å². The van der Waals surface area contributed by atoms with Crippen LogP contribution in [0.25, 0.3) is 0 Å². The molecule has 0 bridgehead atoms. The average Bonchev–Trinajstić information content (AvgIpc) is 3.40. The third-order valence-electron chi connectivity index (χ3n) is 4.80. The molecule has 1 amide bonds. The Morgan fingerprint density at radius 3 is 2.68 bits per heavy atom. The molecule has 0 unspecified atom stereocenters. The minimum Gasteiger partial charge on any atom is -0.486 e. The minimum atomic E-state index is 0.0394. The summed E-state index contributed by atoms with van der Waals surface area (Å²) in [7, 11) is 0. The van der Waals surface area contributed by atoms with Crippen LogP contribution in [-0.2, 0) is 13.2 Å². The highest BCUT2D eigenvalue weighted by atomic mass is 32.1. The number of thiazole rings is 1. The number of carbonyl (C=O) groups is 1. The van der Waals surface area contributed by atoms with E-state index in [1.165, 1.54) is 18.1 Å². The number of carbonyl (C=O) groups excluding carboxylic acids is 1. The fraction of sp³-hybridized carbons (Fsp3) is 0.333. The number of rotatable bonds is 6. The summed E-state index contributed by atoms with van der Waals surface area (Å²) in [4.78, 5) is 21.3. The van der Waals surface area contributed by atoms with Crippen LogP contribution in [0.15, 0.2) is 52.7 Å². The van der Waals surface area contributed by atoms with E-state index in [2.05, 4.69) is 17.2 Å². The molecule has 3 heterocycles. The summed E-state index contributed by atoms with van der Waals surface area (Å²) in [5.74, 6) is 0.901. The van der Waals surface area contributed by atoms with E-state index in [0.717, 1.165) is 49.2 Å². The summed E-state index contributed by atoms with van der Waals surface area (Å²) in [6, 6.07) is 9.76. The van der Waals surface area contributed by atoms with Crippen LogP contribution in [0.5, 0.6) is 5.75 Å². The lowest BCUT2D eigenvalue weighted by atomic mass is 10.2. The molecule has 3 aromatic rings. The fourth-order valence-electron chi connectivity index (χ4n) is 3.17. The van der Waals surface area contributed by atoms with Crippen molar-refractivity contribution in [3.05, 3.63) is 70.1 Å². The Hall–Kier alpha value is -2.64. The molecule has 0 atom stereocenters. The summed E-state index contributed by atoms with van der Waals surface area (Å²) in [6.45, 7) is 6.47. The smallest absolute Gasteiger partial charge is 0.257 e. The Morgan fingerprint density at radius 2 is 1.96 bits per heavy atom.